The Labute approximate surface area is 126 Å². The zero-order chi connectivity index (χ0) is 16.0. The van der Waals surface area contributed by atoms with E-state index in [1.54, 1.807) is 6.07 Å². The number of hydrogen-bond donors (Lipinski definition) is 3. The van der Waals surface area contributed by atoms with Crippen LogP contribution in [0, 0.1) is 12.8 Å². The summed E-state index contributed by atoms with van der Waals surface area (Å²) in [6.45, 7) is 6.99. The van der Waals surface area contributed by atoms with E-state index in [-0.39, 0.29) is 16.7 Å². The SMILES string of the molecule is CCNCC(C)C(=O)Nc1cc(S(=O)(=O)NC)ccc1C. The average molecular weight is 313 g/mol. The zero-order valence-electron chi connectivity index (χ0n) is 12.9. The fourth-order valence-corrected chi connectivity index (χ4v) is 2.49. The molecule has 1 atom stereocenters. The van der Waals surface area contributed by atoms with E-state index in [4.69, 9.17) is 0 Å². The highest BCUT2D eigenvalue weighted by Gasteiger charge is 2.16. The molecule has 0 aromatic heterocycles. The number of anilines is 1. The predicted molar refractivity (Wildman–Crippen MR) is 83.8 cm³/mol. The molecule has 7 heteroatoms. The number of carbonyl (C=O) groups excluding carboxylic acids is 1. The minimum absolute atomic E-state index is 0.130. The van der Waals surface area contributed by atoms with Crippen LogP contribution in [-0.2, 0) is 14.8 Å². The Kier molecular flexibility index (Phi) is 6.32. The maximum Gasteiger partial charge on any atom is 0.240 e. The highest BCUT2D eigenvalue weighted by Crippen LogP contribution is 2.20. The van der Waals surface area contributed by atoms with Gasteiger partial charge in [0, 0.05) is 18.2 Å². The van der Waals surface area contributed by atoms with Crippen LogP contribution in [0.25, 0.3) is 0 Å². The molecule has 1 rings (SSSR count). The zero-order valence-corrected chi connectivity index (χ0v) is 13.7. The molecule has 0 fully saturated rings. The van der Waals surface area contributed by atoms with Crippen molar-refractivity contribution in [2.24, 2.45) is 5.92 Å². The first kappa shape index (κ1) is 17.6. The van der Waals surface area contributed by atoms with Crippen LogP contribution in [0.1, 0.15) is 19.4 Å². The molecule has 0 saturated carbocycles. The summed E-state index contributed by atoms with van der Waals surface area (Å²) < 4.78 is 25.8. The van der Waals surface area contributed by atoms with Crippen LogP contribution in [0.5, 0.6) is 0 Å². The topological polar surface area (TPSA) is 87.3 Å². The Balaban J connectivity index is 2.93. The standard InChI is InChI=1S/C14H23N3O3S/c1-5-16-9-11(3)14(18)17-13-8-12(7-6-10(13)2)21(19,20)15-4/h6-8,11,15-16H,5,9H2,1-4H3,(H,17,18). The first-order chi connectivity index (χ1) is 9.81. The summed E-state index contributed by atoms with van der Waals surface area (Å²) in [5.41, 5.74) is 1.33. The van der Waals surface area contributed by atoms with Crippen LogP contribution in [0.2, 0.25) is 0 Å². The van der Waals surface area contributed by atoms with Gasteiger partial charge >= 0.3 is 0 Å². The van der Waals surface area contributed by atoms with Crippen molar-refractivity contribution in [2.45, 2.75) is 25.7 Å². The van der Waals surface area contributed by atoms with Crippen molar-refractivity contribution >= 4 is 21.6 Å². The fourth-order valence-electron chi connectivity index (χ4n) is 1.73. The Hall–Kier alpha value is -1.44. The first-order valence-electron chi connectivity index (χ1n) is 6.87. The summed E-state index contributed by atoms with van der Waals surface area (Å²) in [6, 6.07) is 4.66. The minimum Gasteiger partial charge on any atom is -0.326 e. The fraction of sp³-hybridized carbons (Fsp3) is 0.500. The van der Waals surface area contributed by atoms with Gasteiger partial charge in [0.15, 0.2) is 0 Å². The van der Waals surface area contributed by atoms with Crippen LogP contribution < -0.4 is 15.4 Å². The van der Waals surface area contributed by atoms with Crippen molar-refractivity contribution < 1.29 is 13.2 Å². The second kappa shape index (κ2) is 7.53. The first-order valence-corrected chi connectivity index (χ1v) is 8.36. The van der Waals surface area contributed by atoms with Gasteiger partial charge in [0.1, 0.15) is 0 Å². The molecule has 0 aliphatic rings. The number of aryl methyl sites for hydroxylation is 1. The van der Waals surface area contributed by atoms with Crippen LogP contribution in [0.3, 0.4) is 0 Å². The second-order valence-electron chi connectivity index (χ2n) is 4.88. The molecule has 0 radical (unpaired) electrons. The molecule has 0 aliphatic carbocycles. The molecular formula is C14H23N3O3S. The van der Waals surface area contributed by atoms with E-state index in [1.165, 1.54) is 19.2 Å². The maximum atomic E-state index is 12.1. The van der Waals surface area contributed by atoms with Gasteiger partial charge in [-0.15, -0.1) is 0 Å². The van der Waals surface area contributed by atoms with Crippen molar-refractivity contribution in [3.63, 3.8) is 0 Å². The van der Waals surface area contributed by atoms with Gasteiger partial charge in [-0.2, -0.15) is 0 Å². The lowest BCUT2D eigenvalue weighted by Crippen LogP contribution is -2.30. The third kappa shape index (κ3) is 4.80. The number of hydrogen-bond acceptors (Lipinski definition) is 4. The summed E-state index contributed by atoms with van der Waals surface area (Å²) in [5.74, 6) is -0.341. The van der Waals surface area contributed by atoms with E-state index in [0.717, 1.165) is 12.1 Å². The van der Waals surface area contributed by atoms with Crippen molar-refractivity contribution in [1.82, 2.24) is 10.0 Å². The lowest BCUT2D eigenvalue weighted by atomic mass is 10.1. The third-order valence-corrected chi connectivity index (χ3v) is 4.61. The van der Waals surface area contributed by atoms with Crippen molar-refractivity contribution in [3.8, 4) is 0 Å². The van der Waals surface area contributed by atoms with E-state index in [1.807, 2.05) is 20.8 Å². The van der Waals surface area contributed by atoms with Gasteiger partial charge in [-0.1, -0.05) is 19.9 Å². The number of amides is 1. The molecule has 1 aromatic rings. The second-order valence-corrected chi connectivity index (χ2v) is 6.77. The van der Waals surface area contributed by atoms with E-state index in [9.17, 15) is 13.2 Å². The van der Waals surface area contributed by atoms with Gasteiger partial charge < -0.3 is 10.6 Å². The van der Waals surface area contributed by atoms with Crippen molar-refractivity contribution in [3.05, 3.63) is 23.8 Å². The number of rotatable bonds is 7. The van der Waals surface area contributed by atoms with E-state index < -0.39 is 10.0 Å². The Bertz CT molecular complexity index is 599. The van der Waals surface area contributed by atoms with Gasteiger partial charge in [0.05, 0.1) is 4.90 Å². The molecule has 0 bridgehead atoms. The lowest BCUT2D eigenvalue weighted by molar-refractivity contribution is -0.119. The minimum atomic E-state index is -3.52. The maximum absolute atomic E-state index is 12.1. The third-order valence-electron chi connectivity index (χ3n) is 3.19. The Morgan fingerprint density at radius 1 is 1.33 bits per heavy atom. The summed E-state index contributed by atoms with van der Waals surface area (Å²) in [5, 5.41) is 5.89. The van der Waals surface area contributed by atoms with Crippen molar-refractivity contribution in [1.29, 1.82) is 0 Å². The summed E-state index contributed by atoms with van der Waals surface area (Å²) in [4.78, 5) is 12.2. The van der Waals surface area contributed by atoms with Crippen LogP contribution >= 0.6 is 0 Å². The normalized spacial score (nSPS) is 13.0. The molecule has 0 aliphatic heterocycles. The van der Waals surface area contributed by atoms with E-state index in [2.05, 4.69) is 15.4 Å². The molecular weight excluding hydrogens is 290 g/mol. The number of carbonyl (C=O) groups is 1. The molecule has 1 unspecified atom stereocenters. The van der Waals surface area contributed by atoms with Crippen LogP contribution in [-0.4, -0.2) is 34.5 Å². The summed E-state index contributed by atoms with van der Waals surface area (Å²) >= 11 is 0. The molecule has 0 spiro atoms. The van der Waals surface area contributed by atoms with Gasteiger partial charge in [0.2, 0.25) is 15.9 Å². The number of nitrogens with one attached hydrogen (secondary N) is 3. The lowest BCUT2D eigenvalue weighted by Gasteiger charge is -2.15. The molecule has 0 heterocycles. The predicted octanol–water partition coefficient (Wildman–Crippen LogP) is 1.09. The molecule has 118 valence electrons. The highest BCUT2D eigenvalue weighted by atomic mass is 32.2. The number of sulfonamides is 1. The molecule has 3 N–H and O–H groups in total. The monoisotopic (exact) mass is 313 g/mol. The quantitative estimate of drug-likeness (QED) is 0.703. The largest absolute Gasteiger partial charge is 0.326 e. The van der Waals surface area contributed by atoms with Crippen LogP contribution in [0.4, 0.5) is 5.69 Å². The smallest absolute Gasteiger partial charge is 0.240 e. The summed E-state index contributed by atoms with van der Waals surface area (Å²) in [6.07, 6.45) is 0. The van der Waals surface area contributed by atoms with Gasteiger partial charge in [0.25, 0.3) is 0 Å². The molecule has 1 aromatic carbocycles. The average Bonchev–Trinajstić information content (AvgIpc) is 2.46. The van der Waals surface area contributed by atoms with E-state index >= 15 is 0 Å². The van der Waals surface area contributed by atoms with Gasteiger partial charge in [-0.3, -0.25) is 4.79 Å². The molecule has 21 heavy (non-hydrogen) atoms. The molecule has 6 nitrogen and oxygen atoms in total. The Morgan fingerprint density at radius 2 is 2.00 bits per heavy atom. The summed E-state index contributed by atoms with van der Waals surface area (Å²) in [7, 11) is -2.17. The van der Waals surface area contributed by atoms with Gasteiger partial charge in [-0.05, 0) is 38.2 Å². The Morgan fingerprint density at radius 3 is 2.57 bits per heavy atom. The van der Waals surface area contributed by atoms with Crippen molar-refractivity contribution in [2.75, 3.05) is 25.5 Å². The number of benzene rings is 1. The van der Waals surface area contributed by atoms with Crippen LogP contribution in [0.15, 0.2) is 23.1 Å². The highest BCUT2D eigenvalue weighted by molar-refractivity contribution is 7.89. The molecule has 0 saturated heterocycles. The molecule has 1 amide bonds. The van der Waals surface area contributed by atoms with Gasteiger partial charge in [-0.25, -0.2) is 13.1 Å². The van der Waals surface area contributed by atoms with E-state index in [0.29, 0.717) is 12.2 Å².